The Balaban J connectivity index is 2.57. The summed E-state index contributed by atoms with van der Waals surface area (Å²) in [4.78, 5) is 0. The zero-order valence-corrected chi connectivity index (χ0v) is 14.4. The zero-order chi connectivity index (χ0) is 15.6. The molecule has 0 radical (unpaired) electrons. The maximum atomic E-state index is 6.31. The third-order valence-electron chi connectivity index (χ3n) is 3.23. The zero-order valence-electron chi connectivity index (χ0n) is 12.1. The van der Waals surface area contributed by atoms with Crippen LogP contribution >= 0.6 is 27.5 Å². The molecule has 1 aromatic carbocycles. The predicted octanol–water partition coefficient (Wildman–Crippen LogP) is 3.44. The van der Waals surface area contributed by atoms with Crippen LogP contribution < -0.4 is 16.0 Å². The van der Waals surface area contributed by atoms with Crippen LogP contribution in [-0.4, -0.2) is 16.9 Å². The molecule has 0 saturated heterocycles. The van der Waals surface area contributed by atoms with Crippen molar-refractivity contribution < 1.29 is 4.74 Å². The Labute approximate surface area is 137 Å². The summed E-state index contributed by atoms with van der Waals surface area (Å²) in [6.07, 6.45) is 1.63. The van der Waals surface area contributed by atoms with Gasteiger partial charge in [-0.05, 0) is 37.6 Å². The van der Waals surface area contributed by atoms with E-state index in [0.29, 0.717) is 5.02 Å². The van der Waals surface area contributed by atoms with E-state index in [1.165, 1.54) is 0 Å². The van der Waals surface area contributed by atoms with Crippen molar-refractivity contribution in [3.63, 3.8) is 0 Å². The molecule has 0 fully saturated rings. The van der Waals surface area contributed by atoms with Crippen molar-refractivity contribution >= 4 is 27.5 Å². The molecule has 21 heavy (non-hydrogen) atoms. The molecule has 3 N–H and O–H groups in total. The van der Waals surface area contributed by atoms with Gasteiger partial charge in [0, 0.05) is 10.5 Å². The molecule has 2 aromatic rings. The lowest BCUT2D eigenvalue weighted by atomic mass is 10.0. The molecule has 114 valence electrons. The van der Waals surface area contributed by atoms with Crippen LogP contribution in [0, 0.1) is 0 Å². The van der Waals surface area contributed by atoms with Gasteiger partial charge in [-0.1, -0.05) is 27.5 Å². The first-order valence-corrected chi connectivity index (χ1v) is 7.69. The van der Waals surface area contributed by atoms with E-state index in [-0.39, 0.29) is 12.1 Å². The van der Waals surface area contributed by atoms with Crippen molar-refractivity contribution in [1.29, 1.82) is 0 Å². The van der Waals surface area contributed by atoms with Crippen molar-refractivity contribution in [3.8, 4) is 5.75 Å². The molecule has 7 heteroatoms. The summed E-state index contributed by atoms with van der Waals surface area (Å²) < 4.78 is 8.06. The van der Waals surface area contributed by atoms with Crippen LogP contribution in [0.1, 0.15) is 37.2 Å². The first-order chi connectivity index (χ1) is 9.99. The summed E-state index contributed by atoms with van der Waals surface area (Å²) in [5.41, 5.74) is 4.57. The molecule has 1 aromatic heterocycles. The molecule has 1 atom stereocenters. The third kappa shape index (κ3) is 3.23. The predicted molar refractivity (Wildman–Crippen MR) is 87.5 cm³/mol. The molecule has 1 unspecified atom stereocenters. The highest BCUT2D eigenvalue weighted by molar-refractivity contribution is 9.10. The second-order valence-corrected chi connectivity index (χ2v) is 6.16. The minimum Gasteiger partial charge on any atom is -0.497 e. The molecule has 0 amide bonds. The minimum absolute atomic E-state index is 0.174. The second kappa shape index (κ2) is 6.79. The van der Waals surface area contributed by atoms with Crippen molar-refractivity contribution in [3.05, 3.63) is 45.1 Å². The van der Waals surface area contributed by atoms with Crippen LogP contribution in [0.25, 0.3) is 0 Å². The summed E-state index contributed by atoms with van der Waals surface area (Å²) in [5.74, 6) is 6.53. The highest BCUT2D eigenvalue weighted by atomic mass is 79.9. The average molecular weight is 374 g/mol. The van der Waals surface area contributed by atoms with Crippen LogP contribution in [0.2, 0.25) is 5.02 Å². The Morgan fingerprint density at radius 2 is 2.14 bits per heavy atom. The molecule has 2 rings (SSSR count). The monoisotopic (exact) mass is 372 g/mol. The molecular weight excluding hydrogens is 356 g/mol. The van der Waals surface area contributed by atoms with Gasteiger partial charge in [0.1, 0.15) is 5.75 Å². The number of nitrogens with zero attached hydrogens (tertiary/aromatic N) is 2. The number of hydrogen-bond donors (Lipinski definition) is 2. The summed E-state index contributed by atoms with van der Waals surface area (Å²) in [6.45, 7) is 4.09. The number of rotatable bonds is 5. The van der Waals surface area contributed by atoms with E-state index in [9.17, 15) is 0 Å². The standard InChI is InChI=1S/C14H18BrClN4O/c1-8(2)20-14(12(16)7-18-20)13(19-17)10-6-9(21-3)4-5-11(10)15/h4-8,13,19H,17H2,1-3H3. The van der Waals surface area contributed by atoms with Gasteiger partial charge < -0.3 is 4.74 Å². The fraction of sp³-hybridized carbons (Fsp3) is 0.357. The quantitative estimate of drug-likeness (QED) is 0.622. The molecule has 5 nitrogen and oxygen atoms in total. The number of halogens is 2. The summed E-state index contributed by atoms with van der Waals surface area (Å²) in [7, 11) is 1.63. The second-order valence-electron chi connectivity index (χ2n) is 4.90. The lowest BCUT2D eigenvalue weighted by molar-refractivity contribution is 0.413. The highest BCUT2D eigenvalue weighted by Gasteiger charge is 2.24. The van der Waals surface area contributed by atoms with Crippen molar-refractivity contribution in [2.24, 2.45) is 5.84 Å². The fourth-order valence-electron chi connectivity index (χ4n) is 2.22. The molecule has 0 saturated carbocycles. The summed E-state index contributed by atoms with van der Waals surface area (Å²) >= 11 is 9.86. The molecular formula is C14H18BrClN4O. The van der Waals surface area contributed by atoms with Crippen LogP contribution in [0.5, 0.6) is 5.75 Å². The van der Waals surface area contributed by atoms with Crippen LogP contribution in [0.15, 0.2) is 28.9 Å². The Hall–Kier alpha value is -1.08. The van der Waals surface area contributed by atoms with Gasteiger partial charge in [0.25, 0.3) is 0 Å². The maximum Gasteiger partial charge on any atom is 0.119 e. The van der Waals surface area contributed by atoms with Gasteiger partial charge >= 0.3 is 0 Å². The largest absolute Gasteiger partial charge is 0.497 e. The van der Waals surface area contributed by atoms with E-state index >= 15 is 0 Å². The summed E-state index contributed by atoms with van der Waals surface area (Å²) in [5, 5.41) is 4.90. The van der Waals surface area contributed by atoms with Crippen molar-refractivity contribution in [2.75, 3.05) is 7.11 Å². The smallest absolute Gasteiger partial charge is 0.119 e. The molecule has 0 aliphatic rings. The number of ether oxygens (including phenoxy) is 1. The maximum absolute atomic E-state index is 6.31. The van der Waals surface area contributed by atoms with Crippen LogP contribution in [0.4, 0.5) is 0 Å². The van der Waals surface area contributed by atoms with Gasteiger partial charge in [0.15, 0.2) is 0 Å². The SMILES string of the molecule is COc1ccc(Br)c(C(NN)c2c(Cl)cnn2C(C)C)c1. The Morgan fingerprint density at radius 3 is 2.71 bits per heavy atom. The van der Waals surface area contributed by atoms with Gasteiger partial charge in [0.2, 0.25) is 0 Å². The normalized spacial score (nSPS) is 12.7. The molecule has 0 aliphatic carbocycles. The number of aromatic nitrogens is 2. The molecule has 0 spiro atoms. The minimum atomic E-state index is -0.299. The topological polar surface area (TPSA) is 65.1 Å². The Morgan fingerprint density at radius 1 is 1.43 bits per heavy atom. The number of hydrazine groups is 1. The molecule has 0 aliphatic heterocycles. The van der Waals surface area contributed by atoms with E-state index in [4.69, 9.17) is 22.2 Å². The number of hydrogen-bond acceptors (Lipinski definition) is 4. The average Bonchev–Trinajstić information content (AvgIpc) is 2.84. The lowest BCUT2D eigenvalue weighted by Gasteiger charge is -2.22. The van der Waals surface area contributed by atoms with E-state index in [1.807, 2.05) is 36.7 Å². The third-order valence-corrected chi connectivity index (χ3v) is 4.24. The van der Waals surface area contributed by atoms with E-state index in [0.717, 1.165) is 21.5 Å². The van der Waals surface area contributed by atoms with E-state index in [2.05, 4.69) is 26.5 Å². The lowest BCUT2D eigenvalue weighted by Crippen LogP contribution is -2.31. The van der Waals surface area contributed by atoms with Crippen molar-refractivity contribution in [2.45, 2.75) is 25.9 Å². The van der Waals surface area contributed by atoms with Gasteiger partial charge in [-0.15, -0.1) is 0 Å². The Kier molecular flexibility index (Phi) is 5.27. The van der Waals surface area contributed by atoms with Crippen LogP contribution in [-0.2, 0) is 0 Å². The van der Waals surface area contributed by atoms with Gasteiger partial charge in [-0.3, -0.25) is 10.5 Å². The van der Waals surface area contributed by atoms with Gasteiger partial charge in [-0.2, -0.15) is 5.10 Å². The van der Waals surface area contributed by atoms with Gasteiger partial charge in [0.05, 0.1) is 30.1 Å². The van der Waals surface area contributed by atoms with E-state index in [1.54, 1.807) is 13.3 Å². The number of methoxy groups -OCH3 is 1. The van der Waals surface area contributed by atoms with E-state index < -0.39 is 0 Å². The first-order valence-electron chi connectivity index (χ1n) is 6.52. The van der Waals surface area contributed by atoms with Crippen molar-refractivity contribution in [1.82, 2.24) is 15.2 Å². The molecule has 1 heterocycles. The summed E-state index contributed by atoms with van der Waals surface area (Å²) in [6, 6.07) is 5.59. The van der Waals surface area contributed by atoms with Gasteiger partial charge in [-0.25, -0.2) is 5.43 Å². The fourth-order valence-corrected chi connectivity index (χ4v) is 2.93. The van der Waals surface area contributed by atoms with Crippen LogP contribution in [0.3, 0.4) is 0 Å². The Bertz CT molecular complexity index is 629. The molecule has 0 bridgehead atoms. The first kappa shape index (κ1) is 16.3. The number of benzene rings is 1. The highest BCUT2D eigenvalue weighted by Crippen LogP contribution is 2.35. The number of nitrogens with one attached hydrogen (secondary N) is 1. The number of nitrogens with two attached hydrogens (primary N) is 1.